The SMILES string of the molecule is O=C(CCBr)c1ccc(I)c([N+](=O)[O-])c1. The average Bonchev–Trinajstić information content (AvgIpc) is 2.18. The predicted molar refractivity (Wildman–Crippen MR) is 68.6 cm³/mol. The van der Waals surface area contributed by atoms with E-state index in [-0.39, 0.29) is 11.5 Å². The molecule has 1 aromatic rings. The normalized spacial score (nSPS) is 10.0. The Morgan fingerprint density at radius 3 is 2.73 bits per heavy atom. The van der Waals surface area contributed by atoms with E-state index in [9.17, 15) is 14.9 Å². The van der Waals surface area contributed by atoms with E-state index in [1.54, 1.807) is 12.1 Å². The van der Waals surface area contributed by atoms with Crippen molar-refractivity contribution in [3.63, 3.8) is 0 Å². The summed E-state index contributed by atoms with van der Waals surface area (Å²) < 4.78 is 0.535. The number of ketones is 1. The molecule has 6 heteroatoms. The maximum absolute atomic E-state index is 11.5. The van der Waals surface area contributed by atoms with Gasteiger partial charge in [-0.3, -0.25) is 14.9 Å². The third-order valence-corrected chi connectivity index (χ3v) is 3.10. The van der Waals surface area contributed by atoms with Gasteiger partial charge in [-0.25, -0.2) is 0 Å². The molecule has 0 aliphatic carbocycles. The van der Waals surface area contributed by atoms with Crippen LogP contribution in [0.15, 0.2) is 18.2 Å². The Balaban J connectivity index is 3.07. The van der Waals surface area contributed by atoms with Gasteiger partial charge >= 0.3 is 0 Å². The minimum absolute atomic E-state index is 0.0176. The zero-order valence-corrected chi connectivity index (χ0v) is 11.3. The summed E-state index contributed by atoms with van der Waals surface area (Å²) in [6.07, 6.45) is 0.345. The fourth-order valence-electron chi connectivity index (χ4n) is 1.06. The third kappa shape index (κ3) is 3.23. The zero-order valence-electron chi connectivity index (χ0n) is 7.57. The molecule has 0 fully saturated rings. The second-order valence-electron chi connectivity index (χ2n) is 2.79. The first kappa shape index (κ1) is 12.6. The Labute approximate surface area is 108 Å². The van der Waals surface area contributed by atoms with Gasteiger partial charge in [0.25, 0.3) is 5.69 Å². The van der Waals surface area contributed by atoms with Gasteiger partial charge in [-0.1, -0.05) is 15.9 Å². The lowest BCUT2D eigenvalue weighted by atomic mass is 10.1. The number of nitrogens with zero attached hydrogens (tertiary/aromatic N) is 1. The average molecular weight is 384 g/mol. The van der Waals surface area contributed by atoms with Crippen molar-refractivity contribution < 1.29 is 9.72 Å². The standard InChI is InChI=1S/C9H7BrINO3/c10-4-3-9(13)6-1-2-7(11)8(5-6)12(14)15/h1-2,5H,3-4H2. The highest BCUT2D eigenvalue weighted by atomic mass is 127. The highest BCUT2D eigenvalue weighted by Crippen LogP contribution is 2.22. The van der Waals surface area contributed by atoms with Crippen molar-refractivity contribution in [2.45, 2.75) is 6.42 Å². The lowest BCUT2D eigenvalue weighted by Gasteiger charge is -2.00. The van der Waals surface area contributed by atoms with E-state index < -0.39 is 4.92 Å². The molecule has 15 heavy (non-hydrogen) atoms. The lowest BCUT2D eigenvalue weighted by Crippen LogP contribution is -2.01. The fraction of sp³-hybridized carbons (Fsp3) is 0.222. The molecule has 0 bridgehead atoms. The van der Waals surface area contributed by atoms with Crippen LogP contribution in [0, 0.1) is 13.7 Å². The minimum Gasteiger partial charge on any atom is -0.294 e. The fourth-order valence-corrected chi connectivity index (χ4v) is 1.95. The summed E-state index contributed by atoms with van der Waals surface area (Å²) in [5.74, 6) is -0.0913. The highest BCUT2D eigenvalue weighted by molar-refractivity contribution is 14.1. The summed E-state index contributed by atoms with van der Waals surface area (Å²) in [6.45, 7) is 0. The summed E-state index contributed by atoms with van der Waals surface area (Å²) in [7, 11) is 0. The van der Waals surface area contributed by atoms with Gasteiger partial charge in [-0.15, -0.1) is 0 Å². The summed E-state index contributed by atoms with van der Waals surface area (Å²) in [5.41, 5.74) is 0.373. The van der Waals surface area contributed by atoms with Crippen LogP contribution in [0.1, 0.15) is 16.8 Å². The number of halogens is 2. The summed E-state index contributed by atoms with van der Waals surface area (Å²) in [4.78, 5) is 21.6. The van der Waals surface area contributed by atoms with Gasteiger partial charge in [0, 0.05) is 23.4 Å². The molecule has 0 amide bonds. The Morgan fingerprint density at radius 2 is 2.20 bits per heavy atom. The van der Waals surface area contributed by atoms with Gasteiger partial charge in [-0.05, 0) is 34.7 Å². The molecule has 0 aromatic heterocycles. The van der Waals surface area contributed by atoms with Gasteiger partial charge in [0.15, 0.2) is 5.78 Å². The molecule has 1 rings (SSSR count). The molecule has 0 aliphatic rings. The van der Waals surface area contributed by atoms with Crippen LogP contribution in [0.25, 0.3) is 0 Å². The molecular formula is C9H7BrINO3. The van der Waals surface area contributed by atoms with E-state index >= 15 is 0 Å². The maximum atomic E-state index is 11.5. The molecule has 0 spiro atoms. The van der Waals surface area contributed by atoms with Crippen LogP contribution in [0.3, 0.4) is 0 Å². The largest absolute Gasteiger partial charge is 0.294 e. The first-order valence-corrected chi connectivity index (χ1v) is 6.29. The Kier molecular flexibility index (Phi) is 4.65. The van der Waals surface area contributed by atoms with Gasteiger partial charge in [0.05, 0.1) is 8.49 Å². The highest BCUT2D eigenvalue weighted by Gasteiger charge is 2.15. The number of nitro benzene ring substituents is 1. The van der Waals surface area contributed by atoms with Crippen molar-refractivity contribution in [2.75, 3.05) is 5.33 Å². The molecule has 0 N–H and O–H groups in total. The molecule has 0 radical (unpaired) electrons. The van der Waals surface area contributed by atoms with Crippen molar-refractivity contribution in [1.82, 2.24) is 0 Å². The van der Waals surface area contributed by atoms with Crippen molar-refractivity contribution in [1.29, 1.82) is 0 Å². The van der Waals surface area contributed by atoms with Crippen LogP contribution in [0.4, 0.5) is 5.69 Å². The Bertz CT molecular complexity index is 408. The molecule has 0 aliphatic heterocycles. The lowest BCUT2D eigenvalue weighted by molar-refractivity contribution is -0.385. The molecule has 0 atom stereocenters. The topological polar surface area (TPSA) is 60.2 Å². The molecule has 0 saturated heterocycles. The van der Waals surface area contributed by atoms with Crippen molar-refractivity contribution >= 4 is 50.0 Å². The van der Waals surface area contributed by atoms with Crippen LogP contribution >= 0.6 is 38.5 Å². The molecule has 0 heterocycles. The number of rotatable bonds is 4. The van der Waals surface area contributed by atoms with Crippen molar-refractivity contribution in [3.8, 4) is 0 Å². The summed E-state index contributed by atoms with van der Waals surface area (Å²) in [5, 5.41) is 11.2. The first-order valence-electron chi connectivity index (χ1n) is 4.09. The minimum atomic E-state index is -0.479. The van der Waals surface area contributed by atoms with E-state index in [1.165, 1.54) is 6.07 Å². The molecule has 4 nitrogen and oxygen atoms in total. The third-order valence-electron chi connectivity index (χ3n) is 1.79. The quantitative estimate of drug-likeness (QED) is 0.264. The van der Waals surface area contributed by atoms with E-state index in [4.69, 9.17) is 0 Å². The van der Waals surface area contributed by atoms with Gasteiger partial charge in [-0.2, -0.15) is 0 Å². The number of carbonyl (C=O) groups excluding carboxylic acids is 1. The van der Waals surface area contributed by atoms with E-state index in [2.05, 4.69) is 15.9 Å². The zero-order chi connectivity index (χ0) is 11.4. The molecule has 0 saturated carbocycles. The number of carbonyl (C=O) groups is 1. The number of hydrogen-bond donors (Lipinski definition) is 0. The predicted octanol–water partition coefficient (Wildman–Crippen LogP) is 3.17. The van der Waals surface area contributed by atoms with Crippen LogP contribution in [0.2, 0.25) is 0 Å². The van der Waals surface area contributed by atoms with E-state index in [1.807, 2.05) is 22.6 Å². The number of hydrogen-bond acceptors (Lipinski definition) is 3. The molecular weight excluding hydrogens is 377 g/mol. The van der Waals surface area contributed by atoms with Gasteiger partial charge < -0.3 is 0 Å². The smallest absolute Gasteiger partial charge is 0.283 e. The number of alkyl halides is 1. The van der Waals surface area contributed by atoms with Crippen LogP contribution < -0.4 is 0 Å². The van der Waals surface area contributed by atoms with Crippen LogP contribution in [-0.4, -0.2) is 16.0 Å². The van der Waals surface area contributed by atoms with Crippen LogP contribution in [0.5, 0.6) is 0 Å². The number of benzene rings is 1. The maximum Gasteiger partial charge on any atom is 0.283 e. The van der Waals surface area contributed by atoms with Crippen LogP contribution in [-0.2, 0) is 0 Å². The second-order valence-corrected chi connectivity index (χ2v) is 4.74. The van der Waals surface area contributed by atoms with E-state index in [0.717, 1.165) is 0 Å². The van der Waals surface area contributed by atoms with Crippen molar-refractivity contribution in [3.05, 3.63) is 37.4 Å². The Morgan fingerprint density at radius 1 is 1.53 bits per heavy atom. The van der Waals surface area contributed by atoms with Gasteiger partial charge in [0.1, 0.15) is 0 Å². The summed E-state index contributed by atoms with van der Waals surface area (Å²) in [6, 6.07) is 4.52. The van der Waals surface area contributed by atoms with E-state index in [0.29, 0.717) is 20.9 Å². The van der Waals surface area contributed by atoms with Gasteiger partial charge in [0.2, 0.25) is 0 Å². The second kappa shape index (κ2) is 5.55. The molecule has 1 aromatic carbocycles. The first-order chi connectivity index (χ1) is 7.06. The number of Topliss-reactive ketones (excluding diaryl/α,β-unsaturated/α-hetero) is 1. The number of nitro groups is 1. The molecule has 80 valence electrons. The Hall–Kier alpha value is -0.500. The summed E-state index contributed by atoms with van der Waals surface area (Å²) >= 11 is 5.03. The monoisotopic (exact) mass is 383 g/mol. The molecule has 0 unspecified atom stereocenters. The van der Waals surface area contributed by atoms with Crippen molar-refractivity contribution in [2.24, 2.45) is 0 Å².